The number of halogens is 3. The third-order valence-electron chi connectivity index (χ3n) is 5.67. The van der Waals surface area contributed by atoms with Crippen molar-refractivity contribution in [2.45, 2.75) is 25.1 Å². The number of nitrogens with one attached hydrogen (secondary N) is 5. The van der Waals surface area contributed by atoms with Gasteiger partial charge in [-0.1, -0.05) is 6.07 Å². The fourth-order valence-corrected chi connectivity index (χ4v) is 3.84. The van der Waals surface area contributed by atoms with Gasteiger partial charge < -0.3 is 31.3 Å². The van der Waals surface area contributed by atoms with Gasteiger partial charge in [0.05, 0.1) is 12.8 Å². The predicted octanol–water partition coefficient (Wildman–Crippen LogP) is 5.20. The van der Waals surface area contributed by atoms with Crippen LogP contribution >= 0.6 is 0 Å². The molecule has 0 spiro atoms. The Labute approximate surface area is 201 Å². The van der Waals surface area contributed by atoms with Crippen molar-refractivity contribution < 1.29 is 17.9 Å². The van der Waals surface area contributed by atoms with E-state index in [1.807, 2.05) is 12.1 Å². The summed E-state index contributed by atoms with van der Waals surface area (Å²) in [6.07, 6.45) is -1.82. The van der Waals surface area contributed by atoms with Crippen LogP contribution in [0.1, 0.15) is 18.4 Å². The van der Waals surface area contributed by atoms with Gasteiger partial charge in [-0.2, -0.15) is 18.2 Å². The van der Waals surface area contributed by atoms with Crippen molar-refractivity contribution in [3.8, 4) is 5.75 Å². The zero-order chi connectivity index (χ0) is 24.8. The van der Waals surface area contributed by atoms with Crippen LogP contribution < -0.4 is 31.3 Å². The summed E-state index contributed by atoms with van der Waals surface area (Å²) in [5.74, 6) is 0.165. The molecule has 0 radical (unpaired) electrons. The molecule has 1 aliphatic rings. The highest BCUT2D eigenvalue weighted by Gasteiger charge is 2.35. The highest BCUT2D eigenvalue weighted by atomic mass is 19.4. The van der Waals surface area contributed by atoms with Crippen LogP contribution in [0.25, 0.3) is 0 Å². The van der Waals surface area contributed by atoms with E-state index in [4.69, 9.17) is 4.74 Å². The molecule has 11 heteroatoms. The van der Waals surface area contributed by atoms with Crippen molar-refractivity contribution in [3.63, 3.8) is 0 Å². The molecule has 8 nitrogen and oxygen atoms in total. The summed E-state index contributed by atoms with van der Waals surface area (Å²) in [4.78, 5) is 8.02. The van der Waals surface area contributed by atoms with Crippen molar-refractivity contribution >= 4 is 34.5 Å². The van der Waals surface area contributed by atoms with E-state index in [0.29, 0.717) is 23.2 Å². The molecular weight excluding hydrogens is 459 g/mol. The van der Waals surface area contributed by atoms with Gasteiger partial charge in [-0.25, -0.2) is 4.98 Å². The predicted molar refractivity (Wildman–Crippen MR) is 132 cm³/mol. The number of benzene rings is 2. The first-order valence-electron chi connectivity index (χ1n) is 11.3. The van der Waals surface area contributed by atoms with E-state index in [0.717, 1.165) is 43.5 Å². The Morgan fingerprint density at radius 2 is 1.77 bits per heavy atom. The number of hydrogen-bond acceptors (Lipinski definition) is 8. The molecule has 1 aromatic heterocycles. The molecule has 1 saturated heterocycles. The average molecular weight is 488 g/mol. The topological polar surface area (TPSA) is 95.2 Å². The molecule has 0 amide bonds. The number of piperidine rings is 1. The standard InChI is InChI=1S/C24H28F3N7O/c1-28-16-4-3-5-17(12-16)32-22-19(24(25,26)27)14-30-23(34-22)33-20-7-6-18(13-21(20)35-2)31-15-8-10-29-11-9-15/h3-7,12-15,28-29,31H,8-11H2,1-2H3,(H2,30,32,33,34). The molecule has 0 atom stereocenters. The maximum Gasteiger partial charge on any atom is 0.421 e. The Hall–Kier alpha value is -3.73. The van der Waals surface area contributed by atoms with Gasteiger partial charge in [-0.3, -0.25) is 0 Å². The summed E-state index contributed by atoms with van der Waals surface area (Å²) in [5.41, 5.74) is 1.67. The number of nitrogens with zero attached hydrogens (tertiary/aromatic N) is 2. The SMILES string of the molecule is CNc1cccc(Nc2nc(Nc3ccc(NC4CCNCC4)cc3OC)ncc2C(F)(F)F)c1. The van der Waals surface area contributed by atoms with Crippen molar-refractivity contribution in [1.29, 1.82) is 0 Å². The average Bonchev–Trinajstić information content (AvgIpc) is 2.85. The largest absolute Gasteiger partial charge is 0.494 e. The quantitative estimate of drug-likeness (QED) is 0.296. The number of rotatable bonds is 8. The van der Waals surface area contributed by atoms with Gasteiger partial charge in [0, 0.05) is 42.4 Å². The van der Waals surface area contributed by atoms with Crippen LogP contribution in [0.2, 0.25) is 0 Å². The summed E-state index contributed by atoms with van der Waals surface area (Å²) < 4.78 is 46.4. The molecule has 2 heterocycles. The fourth-order valence-electron chi connectivity index (χ4n) is 3.84. The summed E-state index contributed by atoms with van der Waals surface area (Å²) in [7, 11) is 3.26. The second-order valence-electron chi connectivity index (χ2n) is 8.12. The Kier molecular flexibility index (Phi) is 7.45. The number of hydrogen-bond donors (Lipinski definition) is 5. The summed E-state index contributed by atoms with van der Waals surface area (Å²) in [6.45, 7) is 1.94. The van der Waals surface area contributed by atoms with Crippen LogP contribution in [0.4, 0.5) is 47.7 Å². The Balaban J connectivity index is 1.58. The second-order valence-corrected chi connectivity index (χ2v) is 8.12. The molecule has 3 aromatic rings. The third-order valence-corrected chi connectivity index (χ3v) is 5.67. The minimum atomic E-state index is -4.62. The minimum absolute atomic E-state index is 0.00244. The molecule has 0 unspecified atom stereocenters. The van der Waals surface area contributed by atoms with Crippen LogP contribution in [0, 0.1) is 0 Å². The van der Waals surface area contributed by atoms with Gasteiger partial charge in [0.1, 0.15) is 17.1 Å². The minimum Gasteiger partial charge on any atom is -0.494 e. The number of anilines is 6. The number of ether oxygens (including phenoxy) is 1. The summed E-state index contributed by atoms with van der Waals surface area (Å²) in [6, 6.07) is 12.8. The first kappa shape index (κ1) is 24.4. The number of aromatic nitrogens is 2. The van der Waals surface area contributed by atoms with Crippen molar-refractivity contribution in [3.05, 3.63) is 54.2 Å². The molecule has 2 aromatic carbocycles. The van der Waals surface area contributed by atoms with E-state index in [2.05, 4.69) is 36.6 Å². The molecule has 0 saturated carbocycles. The molecule has 4 rings (SSSR count). The van der Waals surface area contributed by atoms with Crippen molar-refractivity contribution in [2.24, 2.45) is 0 Å². The lowest BCUT2D eigenvalue weighted by atomic mass is 10.1. The Bertz CT molecular complexity index is 1150. The Morgan fingerprint density at radius 3 is 2.49 bits per heavy atom. The lowest BCUT2D eigenvalue weighted by Gasteiger charge is -2.25. The molecule has 35 heavy (non-hydrogen) atoms. The smallest absolute Gasteiger partial charge is 0.421 e. The molecule has 186 valence electrons. The first-order valence-corrected chi connectivity index (χ1v) is 11.3. The normalized spacial score (nSPS) is 14.3. The van der Waals surface area contributed by atoms with Crippen molar-refractivity contribution in [2.75, 3.05) is 48.5 Å². The Morgan fingerprint density at radius 1 is 1.00 bits per heavy atom. The molecule has 1 aliphatic heterocycles. The van der Waals surface area contributed by atoms with Crippen LogP contribution in [0.15, 0.2) is 48.7 Å². The fraction of sp³-hybridized carbons (Fsp3) is 0.333. The first-order chi connectivity index (χ1) is 16.9. The lowest BCUT2D eigenvalue weighted by molar-refractivity contribution is -0.137. The highest BCUT2D eigenvalue weighted by molar-refractivity contribution is 5.70. The van der Waals surface area contributed by atoms with Crippen LogP contribution in [0.5, 0.6) is 5.75 Å². The zero-order valence-corrected chi connectivity index (χ0v) is 19.5. The van der Waals surface area contributed by atoms with E-state index in [9.17, 15) is 13.2 Å². The number of methoxy groups -OCH3 is 1. The highest BCUT2D eigenvalue weighted by Crippen LogP contribution is 2.36. The van der Waals surface area contributed by atoms with Gasteiger partial charge >= 0.3 is 6.18 Å². The molecular formula is C24H28F3N7O. The molecule has 0 aliphatic carbocycles. The van der Waals surface area contributed by atoms with Crippen molar-refractivity contribution in [1.82, 2.24) is 15.3 Å². The maximum absolute atomic E-state index is 13.6. The monoisotopic (exact) mass is 487 g/mol. The maximum atomic E-state index is 13.6. The van der Waals surface area contributed by atoms with Gasteiger partial charge in [0.2, 0.25) is 5.95 Å². The van der Waals surface area contributed by atoms with E-state index < -0.39 is 11.7 Å². The van der Waals surface area contributed by atoms with Gasteiger partial charge in [0.25, 0.3) is 0 Å². The van der Waals surface area contributed by atoms with E-state index >= 15 is 0 Å². The van der Waals surface area contributed by atoms with E-state index in [1.165, 1.54) is 7.11 Å². The number of alkyl halides is 3. The zero-order valence-electron chi connectivity index (χ0n) is 19.5. The van der Waals surface area contributed by atoms with Crippen LogP contribution in [-0.2, 0) is 6.18 Å². The summed E-state index contributed by atoms with van der Waals surface area (Å²) >= 11 is 0. The van der Waals surface area contributed by atoms with E-state index in [1.54, 1.807) is 37.4 Å². The third kappa shape index (κ3) is 6.24. The lowest BCUT2D eigenvalue weighted by Crippen LogP contribution is -2.35. The van der Waals surface area contributed by atoms with Gasteiger partial charge in [-0.05, 0) is 56.3 Å². The van der Waals surface area contributed by atoms with Gasteiger partial charge in [-0.15, -0.1) is 0 Å². The molecule has 0 bridgehead atoms. The van der Waals surface area contributed by atoms with Crippen LogP contribution in [-0.4, -0.2) is 43.3 Å². The molecule has 5 N–H and O–H groups in total. The summed E-state index contributed by atoms with van der Waals surface area (Å²) in [5, 5.41) is 15.5. The van der Waals surface area contributed by atoms with E-state index in [-0.39, 0.29) is 11.8 Å². The molecule has 1 fully saturated rings. The second kappa shape index (κ2) is 10.7. The van der Waals surface area contributed by atoms with Gasteiger partial charge in [0.15, 0.2) is 0 Å². The van der Waals surface area contributed by atoms with Crippen LogP contribution in [0.3, 0.4) is 0 Å².